The van der Waals surface area contributed by atoms with Crippen molar-refractivity contribution in [1.82, 2.24) is 5.32 Å². The minimum atomic E-state index is -1.49. The van der Waals surface area contributed by atoms with Crippen LogP contribution in [0.4, 0.5) is 0 Å². The van der Waals surface area contributed by atoms with Crippen LogP contribution >= 0.6 is 34.9 Å². The molecule has 0 aliphatic heterocycles. The molecule has 1 unspecified atom stereocenters. The Labute approximate surface area is 264 Å². The average Bonchev–Trinajstić information content (AvgIpc) is 3.34. The van der Waals surface area contributed by atoms with Crippen LogP contribution in [0.3, 0.4) is 0 Å². The van der Waals surface area contributed by atoms with Crippen LogP contribution in [0.5, 0.6) is 0 Å². The van der Waals surface area contributed by atoms with Gasteiger partial charge in [0.2, 0.25) is 5.91 Å². The number of amidine groups is 1. The third kappa shape index (κ3) is 11.5. The lowest BCUT2D eigenvalue weighted by atomic mass is 9.96. The van der Waals surface area contributed by atoms with E-state index in [2.05, 4.69) is 11.9 Å². The molecule has 1 aromatic rings. The zero-order valence-electron chi connectivity index (χ0n) is 25.0. The van der Waals surface area contributed by atoms with Crippen LogP contribution in [0.2, 0.25) is 0 Å². The monoisotopic (exact) mass is 651 g/mol. The molecule has 1 atom stereocenters. The molecule has 42 heavy (non-hydrogen) atoms. The zero-order valence-corrected chi connectivity index (χ0v) is 28.3. The molecule has 12 heteroatoms. The molecule has 230 valence electrons. The van der Waals surface area contributed by atoms with E-state index in [9.17, 15) is 13.8 Å². The summed E-state index contributed by atoms with van der Waals surface area (Å²) < 4.78 is 19.9. The number of aliphatic carboxylic acids is 1. The highest BCUT2D eigenvalue weighted by Crippen LogP contribution is 2.36. The van der Waals surface area contributed by atoms with Gasteiger partial charge in [-0.2, -0.15) is 11.8 Å². The number of hydrogen-bond donors (Lipinski definition) is 4. The number of ether oxygens (including phenoxy) is 1. The van der Waals surface area contributed by atoms with Gasteiger partial charge in [-0.1, -0.05) is 38.7 Å². The Morgan fingerprint density at radius 2 is 2.05 bits per heavy atom. The summed E-state index contributed by atoms with van der Waals surface area (Å²) in [5, 5.41) is 19.6. The van der Waals surface area contributed by atoms with Gasteiger partial charge in [0.25, 0.3) is 0 Å². The van der Waals surface area contributed by atoms with Gasteiger partial charge in [0.1, 0.15) is 11.6 Å². The van der Waals surface area contributed by atoms with Gasteiger partial charge in [-0.3, -0.25) is 15.0 Å². The highest BCUT2D eigenvalue weighted by atomic mass is 32.2. The Hall–Kier alpha value is -2.80. The summed E-state index contributed by atoms with van der Waals surface area (Å²) in [6.07, 6.45) is 11.8. The van der Waals surface area contributed by atoms with E-state index in [1.807, 2.05) is 52.2 Å². The fourth-order valence-electron chi connectivity index (χ4n) is 3.82. The smallest absolute Gasteiger partial charge is 0.304 e. The highest BCUT2D eigenvalue weighted by molar-refractivity contribution is 8.01. The Kier molecular flexibility index (Phi) is 17.2. The number of carboxylic acids is 1. The minimum absolute atomic E-state index is 0.00264. The molecule has 0 aromatic carbocycles. The molecule has 1 aromatic heterocycles. The number of carbonyl (C=O) groups is 2. The van der Waals surface area contributed by atoms with Crippen molar-refractivity contribution in [3.8, 4) is 0 Å². The zero-order chi connectivity index (χ0) is 31.8. The lowest BCUT2D eigenvalue weighted by Crippen LogP contribution is -2.26. The third-order valence-electron chi connectivity index (χ3n) is 5.64. The largest absolute Gasteiger partial charge is 0.497 e. The summed E-state index contributed by atoms with van der Waals surface area (Å²) in [7, 11) is 0.103. The second kappa shape index (κ2) is 19.4. The number of carbonyl (C=O) groups excluding carboxylic acids is 1. The Morgan fingerprint density at radius 3 is 2.62 bits per heavy atom. The van der Waals surface area contributed by atoms with Crippen molar-refractivity contribution in [3.63, 3.8) is 0 Å². The van der Waals surface area contributed by atoms with Crippen molar-refractivity contribution in [2.75, 3.05) is 24.9 Å². The van der Waals surface area contributed by atoms with Crippen LogP contribution < -0.4 is 11.1 Å². The fourth-order valence-corrected chi connectivity index (χ4v) is 8.06. The number of rotatable bonds is 15. The third-order valence-corrected chi connectivity index (χ3v) is 10.7. The number of nitrogens with two attached hydrogens (primary N) is 1. The second-order valence-electron chi connectivity index (χ2n) is 8.55. The number of nitrogen functional groups attached to an aromatic ring is 1. The molecule has 1 aliphatic carbocycles. The predicted octanol–water partition coefficient (Wildman–Crippen LogP) is 6.75. The number of methoxy groups -OCH3 is 1. The van der Waals surface area contributed by atoms with E-state index in [-0.39, 0.29) is 23.9 Å². The van der Waals surface area contributed by atoms with Crippen molar-refractivity contribution < 1.29 is 23.6 Å². The van der Waals surface area contributed by atoms with E-state index in [4.69, 9.17) is 21.0 Å². The van der Waals surface area contributed by atoms with Crippen molar-refractivity contribution in [2.24, 2.45) is 5.73 Å². The Bertz CT molecular complexity index is 1340. The SMILES string of the molecule is C=C/C=C(\C/C=C(\C)C1=C(NC(=O)CSCCC(=O)O)CC=C(OC)C=C1C)S(=O)c1cc(C(=N)N)sc1SC.CC. The molecule has 0 spiro atoms. The van der Waals surface area contributed by atoms with Gasteiger partial charge in [0, 0.05) is 22.8 Å². The number of thioether (sulfide) groups is 2. The number of allylic oxidation sites excluding steroid dienone is 9. The van der Waals surface area contributed by atoms with Crippen LogP contribution in [0.15, 0.2) is 85.2 Å². The van der Waals surface area contributed by atoms with Crippen LogP contribution in [0, 0.1) is 5.41 Å². The van der Waals surface area contributed by atoms with Gasteiger partial charge < -0.3 is 20.9 Å². The van der Waals surface area contributed by atoms with Crippen molar-refractivity contribution >= 4 is 63.4 Å². The number of hydrogen-bond acceptors (Lipinski definition) is 8. The molecule has 1 aliphatic rings. The van der Waals surface area contributed by atoms with Gasteiger partial charge in [0.05, 0.1) is 44.1 Å². The maximum absolute atomic E-state index is 13.6. The van der Waals surface area contributed by atoms with E-state index in [1.54, 1.807) is 25.3 Å². The van der Waals surface area contributed by atoms with Crippen LogP contribution in [-0.4, -0.2) is 51.9 Å². The minimum Gasteiger partial charge on any atom is -0.497 e. The maximum Gasteiger partial charge on any atom is 0.304 e. The Morgan fingerprint density at radius 1 is 1.36 bits per heavy atom. The highest BCUT2D eigenvalue weighted by Gasteiger charge is 2.20. The molecule has 5 N–H and O–H groups in total. The molecule has 0 bridgehead atoms. The summed E-state index contributed by atoms with van der Waals surface area (Å²) in [6.45, 7) is 11.7. The van der Waals surface area contributed by atoms with Crippen molar-refractivity contribution in [1.29, 1.82) is 5.41 Å². The van der Waals surface area contributed by atoms with Crippen LogP contribution in [0.25, 0.3) is 0 Å². The van der Waals surface area contributed by atoms with Crippen molar-refractivity contribution in [3.05, 3.63) is 81.0 Å². The lowest BCUT2D eigenvalue weighted by molar-refractivity contribution is -0.136. The van der Waals surface area contributed by atoms with E-state index < -0.39 is 16.8 Å². The van der Waals surface area contributed by atoms with E-state index in [0.717, 1.165) is 20.9 Å². The maximum atomic E-state index is 13.6. The molecule has 0 saturated carbocycles. The summed E-state index contributed by atoms with van der Waals surface area (Å²) in [5.74, 6) is 0.00664. The molecule has 0 saturated heterocycles. The first-order valence-corrected chi connectivity index (χ1v) is 17.5. The van der Waals surface area contributed by atoms with Gasteiger partial charge in [-0.25, -0.2) is 4.21 Å². The number of thiophene rings is 1. The van der Waals surface area contributed by atoms with E-state index in [0.29, 0.717) is 44.7 Å². The Balaban J connectivity index is 0.00000431. The molecular weight excluding hydrogens is 611 g/mol. The van der Waals surface area contributed by atoms with Gasteiger partial charge in [0.15, 0.2) is 0 Å². The molecule has 1 heterocycles. The normalized spacial score (nSPS) is 14.5. The first kappa shape index (κ1) is 37.2. The summed E-state index contributed by atoms with van der Waals surface area (Å²) in [6, 6.07) is 1.71. The quantitative estimate of drug-likeness (QED) is 0.0536. The number of nitrogens with one attached hydrogen (secondary N) is 2. The predicted molar refractivity (Wildman–Crippen MR) is 180 cm³/mol. The topological polar surface area (TPSA) is 143 Å². The molecule has 8 nitrogen and oxygen atoms in total. The van der Waals surface area contributed by atoms with Gasteiger partial charge in [-0.15, -0.1) is 23.1 Å². The molecule has 2 rings (SSSR count). The van der Waals surface area contributed by atoms with E-state index >= 15 is 0 Å². The standard InChI is InChI=1S/C28H35N3O5S4.C2H6/c1-6-7-20(40(35)23-15-22(27(29)30)39-28(23)37-5)10-8-17(2)26-18(3)14-19(36-4)9-11-21(26)31-24(32)16-38-13-12-25(33)34;1-2/h6-9,14-15H,1,10-13,16H2,2-5H3,(H3,29,30)(H,31,32)(H,33,34);1-2H3/b17-8+,20-7+;. The van der Waals surface area contributed by atoms with Crippen LogP contribution in [-0.2, 0) is 25.1 Å². The number of amides is 1. The average molecular weight is 652 g/mol. The second-order valence-corrected chi connectivity index (χ2v) is 13.3. The summed E-state index contributed by atoms with van der Waals surface area (Å²) in [4.78, 5) is 25.3. The first-order valence-electron chi connectivity index (χ1n) is 13.2. The summed E-state index contributed by atoms with van der Waals surface area (Å²) in [5.41, 5.74) is 9.03. The lowest BCUT2D eigenvalue weighted by Gasteiger charge is -2.17. The molecular formula is C30H41N3O5S4. The first-order chi connectivity index (χ1) is 20.0. The molecule has 0 fully saturated rings. The summed E-state index contributed by atoms with van der Waals surface area (Å²) >= 11 is 4.08. The molecule has 1 amide bonds. The fraction of sp³-hybridized carbons (Fsp3) is 0.367. The van der Waals surface area contributed by atoms with Gasteiger partial charge >= 0.3 is 5.97 Å². The van der Waals surface area contributed by atoms with Crippen molar-refractivity contribution in [2.45, 2.75) is 56.1 Å². The molecule has 0 radical (unpaired) electrons. The van der Waals surface area contributed by atoms with Crippen LogP contribution in [0.1, 0.15) is 51.8 Å². The number of carboxylic acid groups (broad SMARTS) is 1. The van der Waals surface area contributed by atoms with E-state index in [1.165, 1.54) is 34.9 Å². The van der Waals surface area contributed by atoms with Gasteiger partial charge in [-0.05, 0) is 61.5 Å².